The van der Waals surface area contributed by atoms with Gasteiger partial charge >= 0.3 is 0 Å². The van der Waals surface area contributed by atoms with Crippen molar-refractivity contribution in [2.24, 2.45) is 4.99 Å². The van der Waals surface area contributed by atoms with Gasteiger partial charge in [-0.3, -0.25) is 0 Å². The quantitative estimate of drug-likeness (QED) is 0.298. The molecule has 0 atom stereocenters. The monoisotopic (exact) mass is 493 g/mol. The van der Waals surface area contributed by atoms with E-state index in [1.54, 1.807) is 12.1 Å². The van der Waals surface area contributed by atoms with Gasteiger partial charge in [0, 0.05) is 24.8 Å². The Balaban J connectivity index is 0.00000280. The predicted octanol–water partition coefficient (Wildman–Crippen LogP) is 3.93. The Kier molecular flexibility index (Phi) is 8.93. The van der Waals surface area contributed by atoms with E-state index in [2.05, 4.69) is 20.7 Å². The van der Waals surface area contributed by atoms with E-state index < -0.39 is 0 Å². The normalized spacial score (nSPS) is 11.0. The Morgan fingerprint density at radius 3 is 2.64 bits per heavy atom. The molecule has 0 radical (unpaired) electrons. The third-order valence-electron chi connectivity index (χ3n) is 4.02. The van der Waals surface area contributed by atoms with E-state index in [0.29, 0.717) is 13.1 Å². The number of hydrogen-bond acceptors (Lipinski definition) is 2. The molecule has 3 rings (SSSR count). The second kappa shape index (κ2) is 11.4. The highest BCUT2D eigenvalue weighted by Crippen LogP contribution is 2.08. The van der Waals surface area contributed by atoms with Gasteiger partial charge in [-0.1, -0.05) is 30.3 Å². The summed E-state index contributed by atoms with van der Waals surface area (Å²) in [4.78, 5) is 4.61. The number of rotatable bonds is 7. The van der Waals surface area contributed by atoms with Crippen molar-refractivity contribution in [3.8, 4) is 5.69 Å². The van der Waals surface area contributed by atoms with E-state index >= 15 is 0 Å². The lowest BCUT2D eigenvalue weighted by Gasteiger charge is -2.11. The summed E-state index contributed by atoms with van der Waals surface area (Å²) in [6, 6.07) is 16.6. The van der Waals surface area contributed by atoms with Crippen LogP contribution in [0.25, 0.3) is 5.69 Å². The van der Waals surface area contributed by atoms with Crippen molar-refractivity contribution in [3.63, 3.8) is 0 Å². The van der Waals surface area contributed by atoms with Gasteiger partial charge in [-0.15, -0.1) is 24.0 Å². The molecule has 0 bridgehead atoms. The molecule has 0 saturated heterocycles. The number of nitrogens with zero attached hydrogens (tertiary/aromatic N) is 3. The molecule has 0 spiro atoms. The Labute approximate surface area is 182 Å². The zero-order valence-corrected chi connectivity index (χ0v) is 18.1. The second-order valence-electron chi connectivity index (χ2n) is 6.13. The van der Waals surface area contributed by atoms with Crippen LogP contribution in [-0.4, -0.2) is 28.8 Å². The smallest absolute Gasteiger partial charge is 0.191 e. The number of para-hydroxylation sites is 1. The minimum atomic E-state index is -0.205. The maximum absolute atomic E-state index is 13.2. The average Bonchev–Trinajstić information content (AvgIpc) is 3.16. The third kappa shape index (κ3) is 6.63. The largest absolute Gasteiger partial charge is 0.357 e. The highest BCUT2D eigenvalue weighted by atomic mass is 127. The van der Waals surface area contributed by atoms with Crippen LogP contribution in [-0.2, 0) is 13.0 Å². The molecule has 2 N–H and O–H groups in total. The zero-order valence-electron chi connectivity index (χ0n) is 15.8. The summed E-state index contributed by atoms with van der Waals surface area (Å²) in [7, 11) is 0. The number of aromatic nitrogens is 2. The van der Waals surface area contributed by atoms with Gasteiger partial charge in [0.1, 0.15) is 5.82 Å². The molecule has 7 heteroatoms. The van der Waals surface area contributed by atoms with E-state index in [1.807, 2.05) is 60.4 Å². The number of guanidine groups is 1. The Hall–Kier alpha value is -2.42. The molecule has 0 amide bonds. The van der Waals surface area contributed by atoms with Gasteiger partial charge in [-0.2, -0.15) is 5.10 Å². The fraction of sp³-hybridized carbons (Fsp3) is 0.238. The van der Waals surface area contributed by atoms with Crippen LogP contribution < -0.4 is 10.6 Å². The first-order chi connectivity index (χ1) is 13.2. The van der Waals surface area contributed by atoms with Gasteiger partial charge < -0.3 is 10.6 Å². The first-order valence-corrected chi connectivity index (χ1v) is 9.10. The van der Waals surface area contributed by atoms with Crippen LogP contribution in [0.1, 0.15) is 18.1 Å². The van der Waals surface area contributed by atoms with Crippen molar-refractivity contribution in [2.75, 3.05) is 13.1 Å². The van der Waals surface area contributed by atoms with Crippen LogP contribution in [0, 0.1) is 5.82 Å². The lowest BCUT2D eigenvalue weighted by atomic mass is 10.1. The Morgan fingerprint density at radius 1 is 1.07 bits per heavy atom. The summed E-state index contributed by atoms with van der Waals surface area (Å²) in [6.45, 7) is 4.01. The SMILES string of the molecule is CCNC(=NCc1cnn(-c2ccccc2)c1)NCCc1cccc(F)c1.I. The van der Waals surface area contributed by atoms with Gasteiger partial charge in [0.15, 0.2) is 5.96 Å². The summed E-state index contributed by atoms with van der Waals surface area (Å²) in [5.74, 6) is 0.532. The Morgan fingerprint density at radius 2 is 1.89 bits per heavy atom. The first kappa shape index (κ1) is 21.9. The minimum Gasteiger partial charge on any atom is -0.357 e. The molecule has 5 nitrogen and oxygen atoms in total. The summed E-state index contributed by atoms with van der Waals surface area (Å²) >= 11 is 0. The highest BCUT2D eigenvalue weighted by Gasteiger charge is 2.02. The van der Waals surface area contributed by atoms with Gasteiger partial charge in [0.05, 0.1) is 18.4 Å². The van der Waals surface area contributed by atoms with Crippen LogP contribution in [0.3, 0.4) is 0 Å². The summed E-state index contributed by atoms with van der Waals surface area (Å²) in [6.07, 6.45) is 4.54. The van der Waals surface area contributed by atoms with Crippen molar-refractivity contribution < 1.29 is 4.39 Å². The molecule has 28 heavy (non-hydrogen) atoms. The van der Waals surface area contributed by atoms with E-state index in [4.69, 9.17) is 0 Å². The lowest BCUT2D eigenvalue weighted by molar-refractivity contribution is 0.625. The molecule has 0 aliphatic rings. The van der Waals surface area contributed by atoms with Crippen molar-refractivity contribution in [1.29, 1.82) is 0 Å². The van der Waals surface area contributed by atoms with Crippen molar-refractivity contribution in [3.05, 3.63) is 83.9 Å². The fourth-order valence-corrected chi connectivity index (χ4v) is 2.69. The van der Waals surface area contributed by atoms with E-state index in [-0.39, 0.29) is 29.8 Å². The molecule has 3 aromatic rings. The van der Waals surface area contributed by atoms with Crippen molar-refractivity contribution in [2.45, 2.75) is 19.9 Å². The molecule has 0 fully saturated rings. The van der Waals surface area contributed by atoms with E-state index in [9.17, 15) is 4.39 Å². The lowest BCUT2D eigenvalue weighted by Crippen LogP contribution is -2.38. The average molecular weight is 493 g/mol. The zero-order chi connectivity index (χ0) is 18.9. The van der Waals surface area contributed by atoms with Gasteiger partial charge in [0.2, 0.25) is 0 Å². The maximum Gasteiger partial charge on any atom is 0.191 e. The fourth-order valence-electron chi connectivity index (χ4n) is 2.69. The molecule has 148 valence electrons. The van der Waals surface area contributed by atoms with E-state index in [0.717, 1.165) is 35.7 Å². The number of nitrogens with one attached hydrogen (secondary N) is 2. The number of hydrogen-bond donors (Lipinski definition) is 2. The number of halogens is 2. The van der Waals surface area contributed by atoms with Crippen molar-refractivity contribution >= 4 is 29.9 Å². The van der Waals surface area contributed by atoms with Gasteiger partial charge in [-0.25, -0.2) is 14.1 Å². The van der Waals surface area contributed by atoms with E-state index in [1.165, 1.54) is 6.07 Å². The molecule has 1 aromatic heterocycles. The molecular weight excluding hydrogens is 468 g/mol. The molecule has 0 unspecified atom stereocenters. The molecule has 0 aliphatic carbocycles. The number of benzene rings is 2. The number of aliphatic imine (C=N–C) groups is 1. The molecule has 1 heterocycles. The highest BCUT2D eigenvalue weighted by molar-refractivity contribution is 14.0. The molecule has 0 aliphatic heterocycles. The summed E-state index contributed by atoms with van der Waals surface area (Å²) < 4.78 is 15.1. The third-order valence-corrected chi connectivity index (χ3v) is 4.02. The molecular formula is C21H25FIN5. The summed E-state index contributed by atoms with van der Waals surface area (Å²) in [5, 5.41) is 10.9. The summed E-state index contributed by atoms with van der Waals surface area (Å²) in [5.41, 5.74) is 3.01. The standard InChI is InChI=1S/C21H24FN5.HI/c1-2-23-21(24-12-11-17-7-6-8-19(22)13-17)25-14-18-15-26-27(16-18)20-9-4-3-5-10-20;/h3-10,13,15-16H,2,11-12,14H2,1H3,(H2,23,24,25);1H. The minimum absolute atomic E-state index is 0. The molecule has 2 aromatic carbocycles. The Bertz CT molecular complexity index is 879. The van der Waals surface area contributed by atoms with Crippen LogP contribution >= 0.6 is 24.0 Å². The van der Waals surface area contributed by atoms with Crippen LogP contribution in [0.15, 0.2) is 72.0 Å². The maximum atomic E-state index is 13.2. The first-order valence-electron chi connectivity index (χ1n) is 9.10. The van der Waals surface area contributed by atoms with Gasteiger partial charge in [-0.05, 0) is 43.2 Å². The second-order valence-corrected chi connectivity index (χ2v) is 6.13. The van der Waals surface area contributed by atoms with Crippen LogP contribution in [0.4, 0.5) is 4.39 Å². The van der Waals surface area contributed by atoms with Crippen LogP contribution in [0.2, 0.25) is 0 Å². The molecule has 0 saturated carbocycles. The van der Waals surface area contributed by atoms with Gasteiger partial charge in [0.25, 0.3) is 0 Å². The van der Waals surface area contributed by atoms with Crippen LogP contribution in [0.5, 0.6) is 0 Å². The van der Waals surface area contributed by atoms with Crippen molar-refractivity contribution in [1.82, 2.24) is 20.4 Å². The topological polar surface area (TPSA) is 54.2 Å². The predicted molar refractivity (Wildman–Crippen MR) is 122 cm³/mol.